The van der Waals surface area contributed by atoms with Gasteiger partial charge in [0.15, 0.2) is 6.61 Å². The number of imide groups is 1. The lowest BCUT2D eigenvalue weighted by Crippen LogP contribution is -2.46. The van der Waals surface area contributed by atoms with Crippen molar-refractivity contribution in [2.75, 3.05) is 11.9 Å². The first-order valence-corrected chi connectivity index (χ1v) is 10.3. The highest BCUT2D eigenvalue weighted by molar-refractivity contribution is 6.22. The molecule has 1 heterocycles. The average molecular weight is 422 g/mol. The van der Waals surface area contributed by atoms with Gasteiger partial charge in [0.1, 0.15) is 6.04 Å². The zero-order valence-electron chi connectivity index (χ0n) is 17.9. The van der Waals surface area contributed by atoms with Crippen molar-refractivity contribution in [2.24, 2.45) is 0 Å². The number of carbonyl (C=O) groups is 4. The first kappa shape index (κ1) is 22.2. The second-order valence-corrected chi connectivity index (χ2v) is 7.61. The molecule has 0 saturated carbocycles. The summed E-state index contributed by atoms with van der Waals surface area (Å²) >= 11 is 0. The molecule has 0 fully saturated rings. The fourth-order valence-corrected chi connectivity index (χ4v) is 3.66. The summed E-state index contributed by atoms with van der Waals surface area (Å²) in [5.74, 6) is -2.28. The Morgan fingerprint density at radius 2 is 1.55 bits per heavy atom. The third-order valence-electron chi connectivity index (χ3n) is 5.33. The lowest BCUT2D eigenvalue weighted by molar-refractivity contribution is -0.151. The van der Waals surface area contributed by atoms with E-state index in [0.717, 1.165) is 22.4 Å². The molecule has 2 aromatic carbocycles. The van der Waals surface area contributed by atoms with E-state index < -0.39 is 36.3 Å². The van der Waals surface area contributed by atoms with E-state index in [1.807, 2.05) is 39.0 Å². The van der Waals surface area contributed by atoms with Gasteiger partial charge in [0.25, 0.3) is 17.7 Å². The minimum absolute atomic E-state index is 0.273. The van der Waals surface area contributed by atoms with Gasteiger partial charge in [-0.2, -0.15) is 0 Å². The molecule has 31 heavy (non-hydrogen) atoms. The van der Waals surface area contributed by atoms with E-state index in [1.54, 1.807) is 24.3 Å². The molecule has 2 aromatic rings. The number of fused-ring (bicyclic) bond motifs is 1. The van der Waals surface area contributed by atoms with E-state index in [1.165, 1.54) is 0 Å². The van der Waals surface area contributed by atoms with Crippen LogP contribution in [0.4, 0.5) is 5.69 Å². The summed E-state index contributed by atoms with van der Waals surface area (Å²) in [6.45, 7) is 5.19. The molecule has 0 radical (unpaired) electrons. The number of hydrogen-bond acceptors (Lipinski definition) is 5. The molecule has 0 bridgehead atoms. The molecule has 0 aliphatic carbocycles. The number of ether oxygens (including phenoxy) is 1. The summed E-state index contributed by atoms with van der Waals surface area (Å²) in [7, 11) is 0. The van der Waals surface area contributed by atoms with Gasteiger partial charge in [-0.3, -0.25) is 19.3 Å². The van der Waals surface area contributed by atoms with Crippen LogP contribution in [0.5, 0.6) is 0 Å². The lowest BCUT2D eigenvalue weighted by Gasteiger charge is -2.24. The lowest BCUT2D eigenvalue weighted by atomic mass is 10.1. The van der Waals surface area contributed by atoms with Crippen molar-refractivity contribution in [3.63, 3.8) is 0 Å². The molecule has 0 unspecified atom stereocenters. The van der Waals surface area contributed by atoms with Gasteiger partial charge in [0.2, 0.25) is 0 Å². The zero-order valence-corrected chi connectivity index (χ0v) is 17.9. The number of carbonyl (C=O) groups excluding carboxylic acids is 4. The van der Waals surface area contributed by atoms with Gasteiger partial charge >= 0.3 is 5.97 Å². The van der Waals surface area contributed by atoms with Crippen LogP contribution in [0.15, 0.2) is 42.5 Å². The monoisotopic (exact) mass is 422 g/mol. The predicted molar refractivity (Wildman–Crippen MR) is 116 cm³/mol. The van der Waals surface area contributed by atoms with E-state index >= 15 is 0 Å². The summed E-state index contributed by atoms with van der Waals surface area (Å²) in [6.07, 6.45) is 1.68. The van der Waals surface area contributed by atoms with E-state index in [2.05, 4.69) is 5.32 Å². The van der Waals surface area contributed by atoms with Gasteiger partial charge in [0, 0.05) is 5.69 Å². The number of anilines is 1. The van der Waals surface area contributed by atoms with Crippen molar-refractivity contribution >= 4 is 29.4 Å². The Kier molecular flexibility index (Phi) is 6.84. The highest BCUT2D eigenvalue weighted by atomic mass is 16.5. The van der Waals surface area contributed by atoms with Gasteiger partial charge in [-0.05, 0) is 43.5 Å². The molecule has 7 nitrogen and oxygen atoms in total. The largest absolute Gasteiger partial charge is 0.454 e. The van der Waals surface area contributed by atoms with E-state index in [9.17, 15) is 19.2 Å². The molecular weight excluding hydrogens is 396 g/mol. The van der Waals surface area contributed by atoms with Gasteiger partial charge in [-0.15, -0.1) is 0 Å². The Morgan fingerprint density at radius 3 is 2.10 bits per heavy atom. The molecule has 1 atom stereocenters. The highest BCUT2D eigenvalue weighted by Gasteiger charge is 2.43. The first-order chi connectivity index (χ1) is 14.8. The van der Waals surface area contributed by atoms with Crippen LogP contribution in [0.1, 0.15) is 58.0 Å². The first-order valence-electron chi connectivity index (χ1n) is 10.3. The molecule has 0 saturated heterocycles. The van der Waals surface area contributed by atoms with Crippen LogP contribution in [0.25, 0.3) is 0 Å². The van der Waals surface area contributed by atoms with Crippen LogP contribution >= 0.6 is 0 Å². The van der Waals surface area contributed by atoms with E-state index in [-0.39, 0.29) is 17.5 Å². The maximum absolute atomic E-state index is 12.8. The van der Waals surface area contributed by atoms with Crippen molar-refractivity contribution in [3.8, 4) is 0 Å². The molecule has 0 spiro atoms. The Labute approximate surface area is 181 Å². The Hall–Kier alpha value is -3.48. The minimum atomic E-state index is -1.07. The predicted octanol–water partition coefficient (Wildman–Crippen LogP) is 3.64. The smallest absolute Gasteiger partial charge is 0.329 e. The minimum Gasteiger partial charge on any atom is -0.454 e. The second kappa shape index (κ2) is 9.55. The molecule has 162 valence electrons. The summed E-state index contributed by atoms with van der Waals surface area (Å²) < 4.78 is 5.23. The summed E-state index contributed by atoms with van der Waals surface area (Å²) in [5.41, 5.74) is 3.01. The number of esters is 1. The number of rotatable bonds is 8. The van der Waals surface area contributed by atoms with Crippen molar-refractivity contribution in [1.82, 2.24) is 4.90 Å². The van der Waals surface area contributed by atoms with Gasteiger partial charge < -0.3 is 10.1 Å². The number of nitrogens with one attached hydrogen (secondary N) is 1. The van der Waals surface area contributed by atoms with Crippen LogP contribution in [0, 0.1) is 13.8 Å². The van der Waals surface area contributed by atoms with Gasteiger partial charge in [-0.25, -0.2) is 4.79 Å². The summed E-state index contributed by atoms with van der Waals surface area (Å²) in [5, 5.41) is 2.75. The summed E-state index contributed by atoms with van der Waals surface area (Å²) in [6, 6.07) is 11.0. The van der Waals surface area contributed by atoms with Crippen molar-refractivity contribution < 1.29 is 23.9 Å². The van der Waals surface area contributed by atoms with E-state index in [4.69, 9.17) is 4.74 Å². The maximum Gasteiger partial charge on any atom is 0.329 e. The Morgan fingerprint density at radius 1 is 0.968 bits per heavy atom. The number of nitrogens with zero attached hydrogens (tertiary/aromatic N) is 1. The van der Waals surface area contributed by atoms with Crippen LogP contribution in [-0.2, 0) is 14.3 Å². The Bertz CT molecular complexity index is 975. The number of amides is 3. The fraction of sp³-hybridized carbons (Fsp3) is 0.333. The van der Waals surface area contributed by atoms with Crippen molar-refractivity contribution in [2.45, 2.75) is 46.1 Å². The standard InChI is InChI=1S/C24H26N2O5/c1-4-5-13-19(26-22(28)17-11-6-7-12-18(17)23(26)29)24(30)31-14-20(27)25-21-15(2)9-8-10-16(21)3/h6-12,19H,4-5,13-14H2,1-3H3,(H,25,27)/t19-/m0/s1. The maximum atomic E-state index is 12.8. The number of para-hydroxylation sites is 1. The third-order valence-corrected chi connectivity index (χ3v) is 5.33. The topological polar surface area (TPSA) is 92.8 Å². The number of hydrogen-bond donors (Lipinski definition) is 1. The summed E-state index contributed by atoms with van der Waals surface area (Å²) in [4.78, 5) is 51.7. The van der Waals surface area contributed by atoms with Crippen LogP contribution in [0.3, 0.4) is 0 Å². The quantitative estimate of drug-likeness (QED) is 0.518. The molecular formula is C24H26N2O5. The van der Waals surface area contributed by atoms with Crippen molar-refractivity contribution in [3.05, 3.63) is 64.7 Å². The zero-order chi connectivity index (χ0) is 22.5. The normalized spacial score (nSPS) is 13.7. The molecule has 7 heteroatoms. The van der Waals surface area contributed by atoms with Gasteiger partial charge in [-0.1, -0.05) is 50.1 Å². The van der Waals surface area contributed by atoms with Crippen LogP contribution in [0.2, 0.25) is 0 Å². The van der Waals surface area contributed by atoms with E-state index in [0.29, 0.717) is 12.1 Å². The highest BCUT2D eigenvalue weighted by Crippen LogP contribution is 2.27. The van der Waals surface area contributed by atoms with Crippen molar-refractivity contribution in [1.29, 1.82) is 0 Å². The van der Waals surface area contributed by atoms with Crippen LogP contribution in [-0.4, -0.2) is 41.2 Å². The number of unbranched alkanes of at least 4 members (excludes halogenated alkanes) is 1. The molecule has 0 aromatic heterocycles. The second-order valence-electron chi connectivity index (χ2n) is 7.61. The fourth-order valence-electron chi connectivity index (χ4n) is 3.66. The molecule has 1 N–H and O–H groups in total. The SMILES string of the molecule is CCCC[C@@H](C(=O)OCC(=O)Nc1c(C)cccc1C)N1C(=O)c2ccccc2C1=O. The number of aryl methyl sites for hydroxylation is 2. The molecule has 1 aliphatic rings. The molecule has 3 amide bonds. The molecule has 1 aliphatic heterocycles. The third kappa shape index (κ3) is 4.66. The molecule has 3 rings (SSSR count). The number of benzene rings is 2. The van der Waals surface area contributed by atoms with Crippen LogP contribution < -0.4 is 5.32 Å². The Balaban J connectivity index is 1.70. The van der Waals surface area contributed by atoms with Gasteiger partial charge in [0.05, 0.1) is 11.1 Å². The average Bonchev–Trinajstić information content (AvgIpc) is 3.00.